The molecule has 0 spiro atoms. The lowest BCUT2D eigenvalue weighted by Crippen LogP contribution is -2.52. The summed E-state index contributed by atoms with van der Waals surface area (Å²) in [5.74, 6) is 7.24. The fourth-order valence-electron chi connectivity index (χ4n) is 4.23. The Kier molecular flexibility index (Phi) is 7.63. The van der Waals surface area contributed by atoms with Gasteiger partial charge in [-0.05, 0) is 56.3 Å². The Bertz CT molecular complexity index is 1210. The molecule has 0 bridgehead atoms. The lowest BCUT2D eigenvalue weighted by Gasteiger charge is -2.37. The lowest BCUT2D eigenvalue weighted by molar-refractivity contribution is -0.111. The van der Waals surface area contributed by atoms with E-state index in [1.54, 1.807) is 0 Å². The van der Waals surface area contributed by atoms with Crippen LogP contribution in [0.3, 0.4) is 0 Å². The standard InChI is InChI=1S/C28H35N7O/c1-6-26(36)33-24-18-23-25(17-20(24)11-12-28(2,3)35-15-13-29-14-16-35)30-19-31-27(23)32-21-7-9-22(10-8-21)34(4)5/h6-10,17-18,29-30H,1,13-16,19H2,2-5H3,(H,31,32)(H,33,36). The van der Waals surface area contributed by atoms with Crippen molar-refractivity contribution in [1.82, 2.24) is 10.2 Å². The summed E-state index contributed by atoms with van der Waals surface area (Å²) in [6.45, 7) is 12.1. The molecule has 1 saturated heterocycles. The largest absolute Gasteiger partial charge is 0.378 e. The Labute approximate surface area is 213 Å². The van der Waals surface area contributed by atoms with Crippen LogP contribution in [0.1, 0.15) is 25.0 Å². The van der Waals surface area contributed by atoms with Crippen LogP contribution in [-0.4, -0.2) is 69.1 Å². The third-order valence-corrected chi connectivity index (χ3v) is 6.42. The van der Waals surface area contributed by atoms with Crippen molar-refractivity contribution in [3.63, 3.8) is 0 Å². The Morgan fingerprint density at radius 2 is 1.92 bits per heavy atom. The SMILES string of the molecule is C=CC(=O)Nc1cc2c(cc1C#CC(C)(C)N1CCNCC1)NCN=C2Nc1ccc(N(C)C)cc1. The molecule has 188 valence electrons. The third kappa shape index (κ3) is 5.88. The summed E-state index contributed by atoms with van der Waals surface area (Å²) < 4.78 is 0. The molecule has 4 N–H and O–H groups in total. The number of benzene rings is 2. The van der Waals surface area contributed by atoms with E-state index in [0.717, 1.165) is 60.2 Å². The molecular weight excluding hydrogens is 450 g/mol. The summed E-state index contributed by atoms with van der Waals surface area (Å²) in [4.78, 5) is 21.3. The quantitative estimate of drug-likeness (QED) is 0.385. The van der Waals surface area contributed by atoms with Gasteiger partial charge in [0.15, 0.2) is 0 Å². The second-order valence-corrected chi connectivity index (χ2v) is 9.59. The lowest BCUT2D eigenvalue weighted by atomic mass is 9.99. The molecule has 2 heterocycles. The van der Waals surface area contributed by atoms with Gasteiger partial charge in [-0.1, -0.05) is 18.4 Å². The molecule has 4 rings (SSSR count). The molecule has 2 aliphatic heterocycles. The van der Waals surface area contributed by atoms with Crippen molar-refractivity contribution in [3.05, 3.63) is 60.2 Å². The molecule has 1 fully saturated rings. The number of rotatable bonds is 5. The number of hydrogen-bond acceptors (Lipinski definition) is 7. The van der Waals surface area contributed by atoms with Gasteiger partial charge < -0.3 is 26.2 Å². The van der Waals surface area contributed by atoms with Gasteiger partial charge in [0.1, 0.15) is 12.5 Å². The first-order valence-corrected chi connectivity index (χ1v) is 12.2. The van der Waals surface area contributed by atoms with E-state index in [2.05, 4.69) is 80.5 Å². The van der Waals surface area contributed by atoms with E-state index in [9.17, 15) is 4.79 Å². The van der Waals surface area contributed by atoms with Crippen LogP contribution in [0.4, 0.5) is 22.7 Å². The number of anilines is 4. The predicted molar refractivity (Wildman–Crippen MR) is 150 cm³/mol. The zero-order chi connectivity index (χ0) is 25.7. The zero-order valence-corrected chi connectivity index (χ0v) is 21.5. The second-order valence-electron chi connectivity index (χ2n) is 9.59. The summed E-state index contributed by atoms with van der Waals surface area (Å²) in [5, 5.41) is 13.1. The van der Waals surface area contributed by atoms with Gasteiger partial charge in [0.2, 0.25) is 5.91 Å². The number of carbonyl (C=O) groups is 1. The first-order valence-electron chi connectivity index (χ1n) is 12.2. The maximum atomic E-state index is 12.3. The maximum Gasteiger partial charge on any atom is 0.247 e. The minimum absolute atomic E-state index is 0.283. The normalized spacial score (nSPS) is 15.4. The second kappa shape index (κ2) is 10.9. The summed E-state index contributed by atoms with van der Waals surface area (Å²) >= 11 is 0. The molecule has 1 amide bonds. The van der Waals surface area contributed by atoms with Crippen molar-refractivity contribution in [3.8, 4) is 11.8 Å². The number of aliphatic imine (C=N–C) groups is 1. The summed E-state index contributed by atoms with van der Waals surface area (Å²) in [6, 6.07) is 12.1. The molecule has 2 aromatic rings. The van der Waals surface area contributed by atoms with Crippen molar-refractivity contribution in [2.45, 2.75) is 19.4 Å². The van der Waals surface area contributed by atoms with Gasteiger partial charge in [0.05, 0.1) is 16.8 Å². The predicted octanol–water partition coefficient (Wildman–Crippen LogP) is 3.15. The number of nitrogens with zero attached hydrogens (tertiary/aromatic N) is 3. The molecule has 0 saturated carbocycles. The Morgan fingerprint density at radius 1 is 1.19 bits per heavy atom. The molecule has 0 unspecified atom stereocenters. The highest BCUT2D eigenvalue weighted by atomic mass is 16.1. The topological polar surface area (TPSA) is 84.0 Å². The molecule has 0 atom stereocenters. The summed E-state index contributed by atoms with van der Waals surface area (Å²) in [7, 11) is 4.03. The average molecular weight is 486 g/mol. The minimum atomic E-state index is -0.294. The van der Waals surface area contributed by atoms with Gasteiger partial charge in [-0.25, -0.2) is 4.99 Å². The smallest absolute Gasteiger partial charge is 0.247 e. The highest BCUT2D eigenvalue weighted by Crippen LogP contribution is 2.29. The Hall–Kier alpha value is -3.80. The van der Waals surface area contributed by atoms with E-state index >= 15 is 0 Å². The van der Waals surface area contributed by atoms with Crippen molar-refractivity contribution < 1.29 is 4.79 Å². The van der Waals surface area contributed by atoms with Gasteiger partial charge in [0, 0.05) is 62.9 Å². The van der Waals surface area contributed by atoms with E-state index in [1.165, 1.54) is 6.08 Å². The van der Waals surface area contributed by atoms with Crippen molar-refractivity contribution in [2.75, 3.05) is 67.8 Å². The van der Waals surface area contributed by atoms with Gasteiger partial charge in [-0.2, -0.15) is 0 Å². The van der Waals surface area contributed by atoms with Gasteiger partial charge >= 0.3 is 0 Å². The van der Waals surface area contributed by atoms with Gasteiger partial charge in [-0.15, -0.1) is 0 Å². The van der Waals surface area contributed by atoms with Crippen LogP contribution in [0.5, 0.6) is 0 Å². The molecular formula is C28H35N7O. The van der Waals surface area contributed by atoms with Crippen LogP contribution in [0.15, 0.2) is 54.0 Å². The van der Waals surface area contributed by atoms with Crippen LogP contribution >= 0.6 is 0 Å². The average Bonchev–Trinajstić information content (AvgIpc) is 2.88. The first-order chi connectivity index (χ1) is 17.3. The number of fused-ring (bicyclic) bond motifs is 1. The van der Waals surface area contributed by atoms with E-state index < -0.39 is 0 Å². The third-order valence-electron chi connectivity index (χ3n) is 6.42. The monoisotopic (exact) mass is 485 g/mol. The molecule has 36 heavy (non-hydrogen) atoms. The Morgan fingerprint density at radius 3 is 2.58 bits per heavy atom. The molecule has 8 nitrogen and oxygen atoms in total. The van der Waals surface area contributed by atoms with Crippen LogP contribution in [0.2, 0.25) is 0 Å². The summed E-state index contributed by atoms with van der Waals surface area (Å²) in [5.41, 5.74) is 4.92. The van der Waals surface area contributed by atoms with E-state index in [-0.39, 0.29) is 11.4 Å². The molecule has 0 aliphatic carbocycles. The fourth-order valence-corrected chi connectivity index (χ4v) is 4.23. The van der Waals surface area contributed by atoms with Gasteiger partial charge in [-0.3, -0.25) is 9.69 Å². The molecule has 2 aliphatic rings. The van der Waals surface area contributed by atoms with E-state index in [1.807, 2.05) is 38.4 Å². The number of nitrogens with one attached hydrogen (secondary N) is 4. The van der Waals surface area contributed by atoms with E-state index in [0.29, 0.717) is 12.4 Å². The molecule has 0 radical (unpaired) electrons. The first kappa shape index (κ1) is 25.3. The van der Waals surface area contributed by atoms with Crippen molar-refractivity contribution >= 4 is 34.5 Å². The number of carbonyl (C=O) groups excluding carboxylic acids is 1. The minimum Gasteiger partial charge on any atom is -0.378 e. The molecule has 0 aromatic heterocycles. The van der Waals surface area contributed by atoms with Crippen molar-refractivity contribution in [1.29, 1.82) is 0 Å². The Balaban J connectivity index is 1.66. The molecule has 8 heteroatoms. The summed E-state index contributed by atoms with van der Waals surface area (Å²) in [6.07, 6.45) is 1.26. The fraction of sp³-hybridized carbons (Fsp3) is 0.357. The zero-order valence-electron chi connectivity index (χ0n) is 21.5. The van der Waals surface area contributed by atoms with Gasteiger partial charge in [0.25, 0.3) is 0 Å². The van der Waals surface area contributed by atoms with Crippen LogP contribution in [0, 0.1) is 11.8 Å². The molecule has 2 aromatic carbocycles. The van der Waals surface area contributed by atoms with Crippen LogP contribution in [-0.2, 0) is 4.79 Å². The number of hydrogen-bond donors (Lipinski definition) is 4. The van der Waals surface area contributed by atoms with Crippen LogP contribution in [0.25, 0.3) is 0 Å². The van der Waals surface area contributed by atoms with E-state index in [4.69, 9.17) is 0 Å². The number of amides is 1. The highest BCUT2D eigenvalue weighted by molar-refractivity contribution is 6.14. The number of amidine groups is 1. The maximum absolute atomic E-state index is 12.3. The van der Waals surface area contributed by atoms with Crippen LogP contribution < -0.4 is 26.2 Å². The number of piperazine rings is 1. The highest BCUT2D eigenvalue weighted by Gasteiger charge is 2.26. The van der Waals surface area contributed by atoms with Crippen molar-refractivity contribution in [2.24, 2.45) is 4.99 Å².